The molecular weight excluding hydrogens is 621 g/mol. The predicted octanol–water partition coefficient (Wildman–Crippen LogP) is 12.0. The highest BCUT2D eigenvalue weighted by molar-refractivity contribution is 6.19. The maximum absolute atomic E-state index is 6.07. The summed E-state index contributed by atoms with van der Waals surface area (Å²) in [6.45, 7) is 2.00. The van der Waals surface area contributed by atoms with E-state index >= 15 is 0 Å². The third kappa shape index (κ3) is 5.02. The Bertz CT molecular complexity index is 2650. The van der Waals surface area contributed by atoms with Crippen LogP contribution >= 0.6 is 0 Å². The van der Waals surface area contributed by atoms with Crippen LogP contribution in [0.3, 0.4) is 0 Å². The quantitative estimate of drug-likeness (QED) is 0.132. The van der Waals surface area contributed by atoms with Crippen molar-refractivity contribution in [2.75, 3.05) is 4.90 Å². The van der Waals surface area contributed by atoms with Gasteiger partial charge in [-0.05, 0) is 84.5 Å². The van der Waals surface area contributed by atoms with E-state index < -0.39 is 0 Å². The van der Waals surface area contributed by atoms with Crippen LogP contribution in [0.5, 0.6) is 0 Å². The summed E-state index contributed by atoms with van der Waals surface area (Å²) in [5.74, 6) is 2.92. The van der Waals surface area contributed by atoms with Gasteiger partial charge in [0.05, 0.1) is 45.2 Å². The van der Waals surface area contributed by atoms with Gasteiger partial charge in [0.15, 0.2) is 0 Å². The Morgan fingerprint density at radius 1 is 0.725 bits per heavy atom. The average Bonchev–Trinajstić information content (AvgIpc) is 3.53. The number of benzene rings is 5. The monoisotopic (exact) mass is 654 g/mol. The molecule has 5 aromatic carbocycles. The van der Waals surface area contributed by atoms with Crippen molar-refractivity contribution in [3.8, 4) is 40.4 Å². The maximum atomic E-state index is 6.07. The first-order valence-electron chi connectivity index (χ1n) is 17.4. The van der Waals surface area contributed by atoms with Crippen molar-refractivity contribution in [1.82, 2.24) is 14.5 Å². The van der Waals surface area contributed by atoms with Gasteiger partial charge in [-0.3, -0.25) is 0 Å². The summed E-state index contributed by atoms with van der Waals surface area (Å²) >= 11 is 0. The molecule has 0 saturated carbocycles. The van der Waals surface area contributed by atoms with Crippen molar-refractivity contribution in [2.24, 2.45) is 0 Å². The second kappa shape index (κ2) is 12.6. The van der Waals surface area contributed by atoms with Gasteiger partial charge in [0.2, 0.25) is 0 Å². The second-order valence-electron chi connectivity index (χ2n) is 12.8. The van der Waals surface area contributed by atoms with Crippen molar-refractivity contribution in [3.05, 3.63) is 169 Å². The highest BCUT2D eigenvalue weighted by Crippen LogP contribution is 2.54. The van der Waals surface area contributed by atoms with Gasteiger partial charge in [-0.1, -0.05) is 115 Å². The largest absolute Gasteiger partial charge is 0.305 e. The first kappa shape index (κ1) is 30.4. The lowest BCUT2D eigenvalue weighted by Crippen LogP contribution is -2.21. The summed E-state index contributed by atoms with van der Waals surface area (Å²) in [4.78, 5) is 12.5. The van der Waals surface area contributed by atoms with Crippen LogP contribution in [0.2, 0.25) is 0 Å². The highest BCUT2D eigenvalue weighted by Gasteiger charge is 2.33. The summed E-state index contributed by atoms with van der Waals surface area (Å²) in [6, 6.07) is 41.0. The molecule has 242 valence electrons. The van der Waals surface area contributed by atoms with Crippen molar-refractivity contribution in [2.45, 2.75) is 19.8 Å². The van der Waals surface area contributed by atoms with E-state index in [0.717, 1.165) is 102 Å². The van der Waals surface area contributed by atoms with Crippen LogP contribution in [0.1, 0.15) is 31.0 Å². The molecule has 0 spiro atoms. The van der Waals surface area contributed by atoms with Gasteiger partial charge >= 0.3 is 0 Å². The van der Waals surface area contributed by atoms with Crippen LogP contribution in [0.4, 0.5) is 17.1 Å². The molecule has 0 fully saturated rings. The lowest BCUT2D eigenvalue weighted by molar-refractivity contribution is 1.03. The average molecular weight is 655 g/mol. The molecule has 7 aromatic rings. The fraction of sp³-hybridized carbons (Fsp3) is 0.0638. The van der Waals surface area contributed by atoms with E-state index in [0.29, 0.717) is 0 Å². The summed E-state index contributed by atoms with van der Waals surface area (Å²) in [6.07, 6.45) is 22.5. The summed E-state index contributed by atoms with van der Waals surface area (Å²) < 4.78 is 2.42. The minimum atomic E-state index is 0.847. The first-order valence-corrected chi connectivity index (χ1v) is 17.4. The van der Waals surface area contributed by atoms with Gasteiger partial charge in [0.1, 0.15) is 6.33 Å². The Kier molecular flexibility index (Phi) is 7.52. The topological polar surface area (TPSA) is 34.0 Å². The molecule has 0 N–H and O–H groups in total. The molecule has 0 saturated heterocycles. The lowest BCUT2D eigenvalue weighted by Gasteiger charge is -2.35. The van der Waals surface area contributed by atoms with Crippen LogP contribution in [-0.4, -0.2) is 14.5 Å². The zero-order chi connectivity index (χ0) is 34.3. The van der Waals surface area contributed by atoms with E-state index in [2.05, 4.69) is 143 Å². The molecule has 51 heavy (non-hydrogen) atoms. The number of hydrogen-bond acceptors (Lipinski definition) is 3. The van der Waals surface area contributed by atoms with Crippen molar-refractivity contribution >= 4 is 50.0 Å². The Labute approximate surface area is 298 Å². The number of allylic oxidation sites excluding steroid dienone is 8. The normalized spacial score (nSPS) is 13.8. The van der Waals surface area contributed by atoms with E-state index in [9.17, 15) is 0 Å². The SMILES string of the molecule is C#C/C(=C\C=C/C)c1ccc2c(c1)c1cc(-c3ccccc3)cc3c1n2-c1ccccc1N3c1c(C2=CCCC=C2)ncnc1-c1ccccc1. The summed E-state index contributed by atoms with van der Waals surface area (Å²) in [5.41, 5.74) is 14.5. The minimum absolute atomic E-state index is 0.847. The molecule has 4 nitrogen and oxygen atoms in total. The van der Waals surface area contributed by atoms with Crippen LogP contribution in [0.25, 0.3) is 61.0 Å². The van der Waals surface area contributed by atoms with Gasteiger partial charge in [-0.25, -0.2) is 9.97 Å². The number of fused-ring (bicyclic) bond motifs is 5. The molecule has 4 heteroatoms. The standard InChI is InChI=1S/C47H34N4/c1-3-5-17-32(4-2)36-26-27-40-38(28-36)39-29-37(33-18-9-6-10-19-33)30-43-46(39)50(40)41-24-15-16-25-42(41)51(43)47-44(34-20-11-7-12-21-34)48-31-49-45(47)35-22-13-8-14-23-35/h2-3,5-7,9-13,15-31H,8,14H2,1H3/b5-3-,32-17+. The number of para-hydroxylation sites is 2. The second-order valence-corrected chi connectivity index (χ2v) is 12.8. The number of hydrogen-bond donors (Lipinski definition) is 0. The van der Waals surface area contributed by atoms with Crippen LogP contribution < -0.4 is 4.90 Å². The van der Waals surface area contributed by atoms with E-state index in [-0.39, 0.29) is 0 Å². The fourth-order valence-corrected chi connectivity index (χ4v) is 7.54. The molecule has 0 amide bonds. The Morgan fingerprint density at radius 3 is 2.22 bits per heavy atom. The maximum Gasteiger partial charge on any atom is 0.116 e. The Morgan fingerprint density at radius 2 is 1.47 bits per heavy atom. The number of terminal acetylenes is 1. The highest BCUT2D eigenvalue weighted by atomic mass is 15.2. The molecule has 1 aliphatic carbocycles. The molecule has 3 heterocycles. The molecule has 0 bridgehead atoms. The number of anilines is 3. The van der Waals surface area contributed by atoms with E-state index in [1.807, 2.05) is 31.2 Å². The van der Waals surface area contributed by atoms with Crippen LogP contribution in [0, 0.1) is 12.3 Å². The van der Waals surface area contributed by atoms with Gasteiger partial charge in [0, 0.05) is 21.9 Å². The lowest BCUT2D eigenvalue weighted by atomic mass is 9.96. The van der Waals surface area contributed by atoms with Gasteiger partial charge in [-0.2, -0.15) is 0 Å². The third-order valence-electron chi connectivity index (χ3n) is 9.84. The van der Waals surface area contributed by atoms with E-state index in [1.54, 1.807) is 6.33 Å². The van der Waals surface area contributed by atoms with Gasteiger partial charge < -0.3 is 9.47 Å². The summed E-state index contributed by atoms with van der Waals surface area (Å²) in [7, 11) is 0. The molecule has 0 unspecified atom stereocenters. The first-order chi connectivity index (χ1) is 25.2. The van der Waals surface area contributed by atoms with Crippen LogP contribution in [-0.2, 0) is 0 Å². The zero-order valence-corrected chi connectivity index (χ0v) is 28.3. The molecule has 1 aliphatic heterocycles. The van der Waals surface area contributed by atoms with Gasteiger partial charge in [-0.15, -0.1) is 6.42 Å². The third-order valence-corrected chi connectivity index (χ3v) is 9.84. The minimum Gasteiger partial charge on any atom is -0.305 e. The predicted molar refractivity (Wildman–Crippen MR) is 213 cm³/mol. The molecule has 0 radical (unpaired) electrons. The number of rotatable bonds is 6. The smallest absolute Gasteiger partial charge is 0.116 e. The van der Waals surface area contributed by atoms with E-state index in [1.165, 1.54) is 0 Å². The number of aromatic nitrogens is 3. The zero-order valence-electron chi connectivity index (χ0n) is 28.3. The van der Waals surface area contributed by atoms with Crippen molar-refractivity contribution < 1.29 is 0 Å². The molecule has 2 aromatic heterocycles. The Hall–Kier alpha value is -6.70. The molecule has 9 rings (SSSR count). The number of nitrogens with zero attached hydrogens (tertiary/aromatic N) is 4. The Balaban J connectivity index is 1.44. The fourth-order valence-electron chi connectivity index (χ4n) is 7.54. The van der Waals surface area contributed by atoms with Crippen LogP contribution in [0.15, 0.2) is 158 Å². The van der Waals surface area contributed by atoms with Gasteiger partial charge in [0.25, 0.3) is 0 Å². The van der Waals surface area contributed by atoms with Crippen molar-refractivity contribution in [3.63, 3.8) is 0 Å². The van der Waals surface area contributed by atoms with Crippen molar-refractivity contribution in [1.29, 1.82) is 0 Å². The molecular formula is C47H34N4. The molecule has 2 aliphatic rings. The summed E-state index contributed by atoms with van der Waals surface area (Å²) in [5, 5.41) is 2.30. The molecule has 0 atom stereocenters. The van der Waals surface area contributed by atoms with E-state index in [4.69, 9.17) is 16.4 Å².